The molecule has 26 heavy (non-hydrogen) atoms. The standard InChI is InChI=1S/C19H20N2O5/c1-2-24-19(23)21-15-5-3-4-14(11-15)18(22)20-9-8-13-6-7-16-17(10-13)26-12-25-16/h3-7,10-11H,2,8-9,12H2,1H3,(H,20,22)(H,21,23). The Kier molecular flexibility index (Phi) is 5.58. The molecule has 0 spiro atoms. The summed E-state index contributed by atoms with van der Waals surface area (Å²) in [6, 6.07) is 12.4. The molecule has 1 heterocycles. The lowest BCUT2D eigenvalue weighted by Gasteiger charge is -2.09. The minimum atomic E-state index is -0.548. The quantitative estimate of drug-likeness (QED) is 0.831. The van der Waals surface area contributed by atoms with Crippen LogP contribution in [0.25, 0.3) is 0 Å². The van der Waals surface area contributed by atoms with Gasteiger partial charge in [0.05, 0.1) is 6.61 Å². The van der Waals surface area contributed by atoms with Gasteiger partial charge in [-0.05, 0) is 49.2 Å². The van der Waals surface area contributed by atoms with Gasteiger partial charge < -0.3 is 19.5 Å². The predicted molar refractivity (Wildman–Crippen MR) is 95.7 cm³/mol. The molecule has 0 fully saturated rings. The Balaban J connectivity index is 1.52. The van der Waals surface area contributed by atoms with Crippen molar-refractivity contribution >= 4 is 17.7 Å². The van der Waals surface area contributed by atoms with Crippen molar-refractivity contribution in [2.24, 2.45) is 0 Å². The summed E-state index contributed by atoms with van der Waals surface area (Å²) in [6.45, 7) is 2.73. The van der Waals surface area contributed by atoms with E-state index in [2.05, 4.69) is 10.6 Å². The maximum Gasteiger partial charge on any atom is 0.411 e. The van der Waals surface area contributed by atoms with E-state index in [4.69, 9.17) is 14.2 Å². The van der Waals surface area contributed by atoms with Crippen LogP contribution in [0.1, 0.15) is 22.8 Å². The van der Waals surface area contributed by atoms with Crippen molar-refractivity contribution in [1.82, 2.24) is 5.32 Å². The molecule has 2 N–H and O–H groups in total. The van der Waals surface area contributed by atoms with Crippen LogP contribution in [0.2, 0.25) is 0 Å². The molecular formula is C19H20N2O5. The third kappa shape index (κ3) is 4.44. The number of rotatable bonds is 6. The van der Waals surface area contributed by atoms with Crippen molar-refractivity contribution < 1.29 is 23.8 Å². The van der Waals surface area contributed by atoms with Gasteiger partial charge in [-0.2, -0.15) is 0 Å². The van der Waals surface area contributed by atoms with E-state index in [1.54, 1.807) is 31.2 Å². The molecule has 1 aliphatic heterocycles. The molecule has 136 valence electrons. The van der Waals surface area contributed by atoms with Gasteiger partial charge in [0, 0.05) is 17.8 Å². The van der Waals surface area contributed by atoms with Crippen molar-refractivity contribution in [3.8, 4) is 11.5 Å². The van der Waals surface area contributed by atoms with E-state index in [0.717, 1.165) is 17.1 Å². The van der Waals surface area contributed by atoms with E-state index in [-0.39, 0.29) is 19.3 Å². The molecule has 2 aromatic carbocycles. The molecule has 0 bridgehead atoms. The molecular weight excluding hydrogens is 336 g/mol. The smallest absolute Gasteiger partial charge is 0.411 e. The first-order valence-electron chi connectivity index (χ1n) is 8.36. The lowest BCUT2D eigenvalue weighted by molar-refractivity contribution is 0.0954. The second-order valence-electron chi connectivity index (χ2n) is 5.62. The normalized spacial score (nSPS) is 11.7. The molecule has 0 atom stereocenters. The van der Waals surface area contributed by atoms with Crippen LogP contribution in [-0.2, 0) is 11.2 Å². The first-order valence-corrected chi connectivity index (χ1v) is 8.36. The Labute approximate surface area is 151 Å². The molecule has 1 aliphatic rings. The monoisotopic (exact) mass is 356 g/mol. The molecule has 0 aliphatic carbocycles. The number of benzene rings is 2. The number of nitrogens with one attached hydrogen (secondary N) is 2. The Morgan fingerprint density at radius 3 is 2.81 bits per heavy atom. The van der Waals surface area contributed by atoms with Gasteiger partial charge in [-0.15, -0.1) is 0 Å². The third-order valence-corrected chi connectivity index (χ3v) is 3.78. The van der Waals surface area contributed by atoms with Crippen LogP contribution in [0, 0.1) is 0 Å². The topological polar surface area (TPSA) is 85.9 Å². The molecule has 0 aromatic heterocycles. The lowest BCUT2D eigenvalue weighted by Crippen LogP contribution is -2.25. The average Bonchev–Trinajstić information content (AvgIpc) is 3.10. The van der Waals surface area contributed by atoms with Crippen LogP contribution in [0.4, 0.5) is 10.5 Å². The number of fused-ring (bicyclic) bond motifs is 1. The van der Waals surface area contributed by atoms with E-state index in [0.29, 0.717) is 24.2 Å². The highest BCUT2D eigenvalue weighted by molar-refractivity contribution is 5.96. The minimum Gasteiger partial charge on any atom is -0.454 e. The van der Waals surface area contributed by atoms with Gasteiger partial charge in [0.25, 0.3) is 5.91 Å². The van der Waals surface area contributed by atoms with Gasteiger partial charge in [-0.3, -0.25) is 10.1 Å². The highest BCUT2D eigenvalue weighted by Crippen LogP contribution is 2.32. The number of ether oxygens (including phenoxy) is 3. The van der Waals surface area contributed by atoms with E-state index in [1.807, 2.05) is 18.2 Å². The molecule has 0 saturated carbocycles. The number of amides is 2. The number of carbonyl (C=O) groups excluding carboxylic acids is 2. The van der Waals surface area contributed by atoms with Crippen molar-refractivity contribution in [2.45, 2.75) is 13.3 Å². The number of hydrogen-bond acceptors (Lipinski definition) is 5. The second-order valence-corrected chi connectivity index (χ2v) is 5.62. The summed E-state index contributed by atoms with van der Waals surface area (Å²) in [5.74, 6) is 1.26. The largest absolute Gasteiger partial charge is 0.454 e. The Morgan fingerprint density at radius 2 is 1.96 bits per heavy atom. The molecule has 0 unspecified atom stereocenters. The van der Waals surface area contributed by atoms with Gasteiger partial charge in [0.1, 0.15) is 0 Å². The minimum absolute atomic E-state index is 0.210. The summed E-state index contributed by atoms with van der Waals surface area (Å²) in [7, 11) is 0. The van der Waals surface area contributed by atoms with Crippen LogP contribution in [0.5, 0.6) is 11.5 Å². The van der Waals surface area contributed by atoms with Crippen molar-refractivity contribution in [2.75, 3.05) is 25.3 Å². The second kappa shape index (κ2) is 8.24. The summed E-state index contributed by atoms with van der Waals surface area (Å²) in [6.07, 6.45) is 0.122. The number of carbonyl (C=O) groups is 2. The SMILES string of the molecule is CCOC(=O)Nc1cccc(C(=O)NCCc2ccc3c(c2)OCO3)c1. The zero-order chi connectivity index (χ0) is 18.4. The molecule has 2 amide bonds. The summed E-state index contributed by atoms with van der Waals surface area (Å²) in [4.78, 5) is 23.7. The van der Waals surface area contributed by atoms with E-state index in [9.17, 15) is 9.59 Å². The van der Waals surface area contributed by atoms with Crippen LogP contribution >= 0.6 is 0 Å². The zero-order valence-corrected chi connectivity index (χ0v) is 14.4. The summed E-state index contributed by atoms with van der Waals surface area (Å²) < 4.78 is 15.4. The number of hydrogen-bond donors (Lipinski definition) is 2. The predicted octanol–water partition coefficient (Wildman–Crippen LogP) is 2.96. The Morgan fingerprint density at radius 1 is 1.12 bits per heavy atom. The molecule has 3 rings (SSSR count). The van der Waals surface area contributed by atoms with Crippen molar-refractivity contribution in [1.29, 1.82) is 0 Å². The van der Waals surface area contributed by atoms with E-state index in [1.165, 1.54) is 0 Å². The molecule has 0 saturated heterocycles. The summed E-state index contributed by atoms with van der Waals surface area (Å²) in [5, 5.41) is 5.44. The van der Waals surface area contributed by atoms with E-state index < -0.39 is 6.09 Å². The lowest BCUT2D eigenvalue weighted by atomic mass is 10.1. The van der Waals surface area contributed by atoms with Gasteiger partial charge >= 0.3 is 6.09 Å². The van der Waals surface area contributed by atoms with Crippen LogP contribution in [-0.4, -0.2) is 31.9 Å². The van der Waals surface area contributed by atoms with E-state index >= 15 is 0 Å². The number of anilines is 1. The highest BCUT2D eigenvalue weighted by Gasteiger charge is 2.13. The fourth-order valence-electron chi connectivity index (χ4n) is 2.54. The third-order valence-electron chi connectivity index (χ3n) is 3.78. The van der Waals surface area contributed by atoms with Crippen molar-refractivity contribution in [3.63, 3.8) is 0 Å². The molecule has 0 radical (unpaired) electrons. The van der Waals surface area contributed by atoms with Crippen LogP contribution < -0.4 is 20.1 Å². The fourth-order valence-corrected chi connectivity index (χ4v) is 2.54. The zero-order valence-electron chi connectivity index (χ0n) is 14.4. The van der Waals surface area contributed by atoms with Gasteiger partial charge in [0.2, 0.25) is 6.79 Å². The molecule has 7 heteroatoms. The average molecular weight is 356 g/mol. The Bertz CT molecular complexity index is 806. The maximum atomic E-state index is 12.3. The first kappa shape index (κ1) is 17.6. The maximum absolute atomic E-state index is 12.3. The highest BCUT2D eigenvalue weighted by atomic mass is 16.7. The van der Waals surface area contributed by atoms with Crippen LogP contribution in [0.3, 0.4) is 0 Å². The Hall–Kier alpha value is -3.22. The summed E-state index contributed by atoms with van der Waals surface area (Å²) >= 11 is 0. The van der Waals surface area contributed by atoms with Crippen molar-refractivity contribution in [3.05, 3.63) is 53.6 Å². The van der Waals surface area contributed by atoms with Gasteiger partial charge in [-0.25, -0.2) is 4.79 Å². The summed E-state index contributed by atoms with van der Waals surface area (Å²) in [5.41, 5.74) is 2.02. The molecule has 2 aromatic rings. The van der Waals surface area contributed by atoms with Crippen LogP contribution in [0.15, 0.2) is 42.5 Å². The first-order chi connectivity index (χ1) is 12.7. The molecule has 7 nitrogen and oxygen atoms in total. The fraction of sp³-hybridized carbons (Fsp3) is 0.263. The van der Waals surface area contributed by atoms with Gasteiger partial charge in [0.15, 0.2) is 11.5 Å². The van der Waals surface area contributed by atoms with Gasteiger partial charge in [-0.1, -0.05) is 12.1 Å².